The lowest BCUT2D eigenvalue weighted by Crippen LogP contribution is -2.26. The smallest absolute Gasteiger partial charge is 0.0726 e. The average Bonchev–Trinajstić information content (AvgIpc) is 1.51. The Hall–Kier alpha value is -13.3. The van der Waals surface area contributed by atoms with E-state index >= 15 is 0 Å². The summed E-state index contributed by atoms with van der Waals surface area (Å²) >= 11 is 0. The first-order chi connectivity index (χ1) is 54.8. The molecule has 112 heavy (non-hydrogen) atoms. The summed E-state index contributed by atoms with van der Waals surface area (Å²) in [6, 6.07) is 136. The zero-order valence-corrected chi connectivity index (χ0v) is 64.2. The van der Waals surface area contributed by atoms with Crippen LogP contribution in [0.5, 0.6) is 0 Å². The number of fused-ring (bicyclic) bond motifs is 26. The normalized spacial score (nSPS) is 13.4. The van der Waals surface area contributed by atoms with Crippen molar-refractivity contribution in [3.05, 3.63) is 431 Å². The molecule has 2 heterocycles. The van der Waals surface area contributed by atoms with Gasteiger partial charge in [0.05, 0.1) is 32.9 Å². The van der Waals surface area contributed by atoms with E-state index in [1.807, 2.05) is 0 Å². The van der Waals surface area contributed by atoms with Gasteiger partial charge in [-0.05, 0) is 277 Å². The van der Waals surface area contributed by atoms with Crippen molar-refractivity contribution in [2.45, 2.75) is 71.1 Å². The molecule has 0 saturated heterocycles. The standard InChI is InChI=1S/2C54H42N2/c1-35-22-30-51-45(32-35)46-33-36(53(2,3)4)23-31-52(46)56(51)39-26-24-38(25-27-39)55(37-14-6-5-7-15-37)40-28-29-44-43-18-10-13-21-49(43)54(50(44)34-40)47-19-11-8-16-41(47)42-17-9-12-20-48(42)54;1-35(2)31-37-22-30-53-47(33-37)46-32-36(3)21-29-52(46)56(53)40-25-23-39(24-26-40)55(38-13-5-4-6-14-38)41-27-28-45-44-17-9-12-20-50(44)54(51(45)34-41)48-18-10-7-15-42(48)43-16-8-11-19-49(43)54/h5-34H,1-4H3;4-30,32-35H,31H2,1-3H3. The molecule has 22 rings (SSSR count). The van der Waals surface area contributed by atoms with Crippen molar-refractivity contribution in [1.82, 2.24) is 9.13 Å². The van der Waals surface area contributed by atoms with Gasteiger partial charge in [0, 0.05) is 67.0 Å². The molecule has 0 amide bonds. The summed E-state index contributed by atoms with van der Waals surface area (Å²) in [6.07, 6.45) is 1.08. The minimum Gasteiger partial charge on any atom is -0.310 e. The number of anilines is 6. The highest BCUT2D eigenvalue weighted by atomic mass is 15.2. The van der Waals surface area contributed by atoms with Crippen molar-refractivity contribution in [3.8, 4) is 55.9 Å². The summed E-state index contributed by atoms with van der Waals surface area (Å²) in [5.74, 6) is 0.610. The first-order valence-electron chi connectivity index (χ1n) is 39.7. The fourth-order valence-electron chi connectivity index (χ4n) is 19.9. The van der Waals surface area contributed by atoms with Crippen molar-refractivity contribution in [1.29, 1.82) is 0 Å². The van der Waals surface area contributed by atoms with Gasteiger partial charge in [-0.1, -0.05) is 264 Å². The SMILES string of the molecule is Cc1ccc2c(c1)c1cc(C(C)(C)C)ccc1n2-c1ccc(N(c2ccccc2)c2ccc3c(c2)C2(c4ccccc4-c4ccccc42)c2ccccc2-3)cc1.Cc1ccc2c(c1)c1cc(CC(C)C)ccc1n2-c1ccc(N(c2ccccc2)c2ccc3c(c2)C2(c4ccccc4-c4ccccc42)c2ccccc2-3)cc1. The fraction of sp³-hybridized carbons (Fsp3) is 0.111. The van der Waals surface area contributed by atoms with E-state index in [0.717, 1.165) is 51.9 Å². The third kappa shape index (κ3) is 10.1. The molecule has 4 aliphatic carbocycles. The molecular formula is C108H84N4. The van der Waals surface area contributed by atoms with Crippen LogP contribution in [0.1, 0.15) is 101 Å². The summed E-state index contributed by atoms with van der Waals surface area (Å²) in [5.41, 5.74) is 39.9. The number of benzene rings is 16. The lowest BCUT2D eigenvalue weighted by molar-refractivity contribution is 0.591. The maximum Gasteiger partial charge on any atom is 0.0726 e. The first kappa shape index (κ1) is 66.9. The topological polar surface area (TPSA) is 16.3 Å². The van der Waals surface area contributed by atoms with Crippen molar-refractivity contribution in [2.75, 3.05) is 9.80 Å². The van der Waals surface area contributed by atoms with E-state index in [9.17, 15) is 0 Å². The molecule has 18 aromatic rings. The molecule has 0 fully saturated rings. The molecule has 0 aliphatic heterocycles. The predicted molar refractivity (Wildman–Crippen MR) is 470 cm³/mol. The van der Waals surface area contributed by atoms with Gasteiger partial charge in [-0.3, -0.25) is 0 Å². The summed E-state index contributed by atoms with van der Waals surface area (Å²) in [7, 11) is 0. The summed E-state index contributed by atoms with van der Waals surface area (Å²) in [6.45, 7) is 15.8. The van der Waals surface area contributed by atoms with Gasteiger partial charge in [0.2, 0.25) is 0 Å². The largest absolute Gasteiger partial charge is 0.310 e. The lowest BCUT2D eigenvalue weighted by atomic mass is 9.70. The van der Waals surface area contributed by atoms with Gasteiger partial charge in [-0.2, -0.15) is 0 Å². The van der Waals surface area contributed by atoms with Crippen molar-refractivity contribution < 1.29 is 0 Å². The van der Waals surface area contributed by atoms with Gasteiger partial charge in [0.1, 0.15) is 0 Å². The number of hydrogen-bond acceptors (Lipinski definition) is 2. The van der Waals surface area contributed by atoms with E-state index < -0.39 is 10.8 Å². The highest BCUT2D eigenvalue weighted by Gasteiger charge is 2.53. The molecule has 0 bridgehead atoms. The van der Waals surface area contributed by atoms with Crippen LogP contribution in [0.25, 0.3) is 99.5 Å². The van der Waals surface area contributed by atoms with Crippen LogP contribution in [0.3, 0.4) is 0 Å². The number of aryl methyl sites for hydroxylation is 2. The second-order valence-corrected chi connectivity index (χ2v) is 32.8. The summed E-state index contributed by atoms with van der Waals surface area (Å²) < 4.78 is 4.86. The van der Waals surface area contributed by atoms with E-state index in [1.54, 1.807) is 0 Å². The maximum absolute atomic E-state index is 2.47. The molecule has 16 aromatic carbocycles. The second kappa shape index (κ2) is 25.7. The van der Waals surface area contributed by atoms with Crippen LogP contribution in [-0.4, -0.2) is 9.13 Å². The Morgan fingerprint density at radius 2 is 0.562 bits per heavy atom. The molecule has 4 nitrogen and oxygen atoms in total. The lowest BCUT2D eigenvalue weighted by Gasteiger charge is -2.32. The Bertz CT molecular complexity index is 6690. The number of nitrogens with zero attached hydrogens (tertiary/aromatic N) is 4. The third-order valence-corrected chi connectivity index (χ3v) is 24.7. The first-order valence-corrected chi connectivity index (χ1v) is 39.7. The van der Waals surface area contributed by atoms with Gasteiger partial charge in [0.15, 0.2) is 0 Å². The molecule has 0 unspecified atom stereocenters. The van der Waals surface area contributed by atoms with Crippen LogP contribution in [0.2, 0.25) is 0 Å². The highest BCUT2D eigenvalue weighted by molar-refractivity contribution is 6.11. The van der Waals surface area contributed by atoms with Crippen LogP contribution in [0.15, 0.2) is 364 Å². The van der Waals surface area contributed by atoms with Gasteiger partial charge in [-0.25, -0.2) is 0 Å². The van der Waals surface area contributed by atoms with Gasteiger partial charge >= 0.3 is 0 Å². The van der Waals surface area contributed by atoms with E-state index in [4.69, 9.17) is 0 Å². The number of hydrogen-bond donors (Lipinski definition) is 0. The quantitative estimate of drug-likeness (QED) is 0.136. The summed E-state index contributed by atoms with van der Waals surface area (Å²) in [5, 5.41) is 5.22. The molecule has 536 valence electrons. The molecule has 0 N–H and O–H groups in total. The molecule has 2 aromatic heterocycles. The molecule has 4 heteroatoms. The van der Waals surface area contributed by atoms with Crippen molar-refractivity contribution in [2.24, 2.45) is 5.92 Å². The molecule has 4 aliphatic rings. The summed E-state index contributed by atoms with van der Waals surface area (Å²) in [4.78, 5) is 4.83. The minimum absolute atomic E-state index is 0.0690. The molecule has 2 spiro atoms. The van der Waals surface area contributed by atoms with Gasteiger partial charge in [-0.15, -0.1) is 0 Å². The third-order valence-electron chi connectivity index (χ3n) is 24.7. The zero-order valence-electron chi connectivity index (χ0n) is 64.2. The average molecular weight is 1440 g/mol. The number of rotatable bonds is 10. The van der Waals surface area contributed by atoms with Gasteiger partial charge < -0.3 is 18.9 Å². The van der Waals surface area contributed by atoms with Gasteiger partial charge in [0.25, 0.3) is 0 Å². The molecule has 0 atom stereocenters. The minimum atomic E-state index is -0.400. The van der Waals surface area contributed by atoms with E-state index in [0.29, 0.717) is 5.92 Å². The Morgan fingerprint density at radius 1 is 0.268 bits per heavy atom. The Kier molecular flexibility index (Phi) is 15.3. The second-order valence-electron chi connectivity index (χ2n) is 32.8. The molecular weight excluding hydrogens is 1350 g/mol. The Labute approximate surface area is 656 Å². The van der Waals surface area contributed by atoms with E-state index in [1.165, 1.54) is 155 Å². The maximum atomic E-state index is 2.47. The molecule has 0 radical (unpaired) electrons. The van der Waals surface area contributed by atoms with Crippen molar-refractivity contribution >= 4 is 77.7 Å². The van der Waals surface area contributed by atoms with Crippen molar-refractivity contribution in [3.63, 3.8) is 0 Å². The Balaban J connectivity index is 0.000000141. The van der Waals surface area contributed by atoms with Crippen LogP contribution < -0.4 is 9.80 Å². The molecule has 0 saturated carbocycles. The van der Waals surface area contributed by atoms with Crippen LogP contribution >= 0.6 is 0 Å². The fourth-order valence-corrected chi connectivity index (χ4v) is 19.9. The monoisotopic (exact) mass is 1440 g/mol. The number of para-hydroxylation sites is 2. The van der Waals surface area contributed by atoms with E-state index in [2.05, 4.69) is 431 Å². The van der Waals surface area contributed by atoms with Crippen LogP contribution in [0.4, 0.5) is 34.1 Å². The Morgan fingerprint density at radius 3 is 0.920 bits per heavy atom. The van der Waals surface area contributed by atoms with Crippen LogP contribution in [0, 0.1) is 19.8 Å². The van der Waals surface area contributed by atoms with Crippen LogP contribution in [-0.2, 0) is 22.7 Å². The number of aromatic nitrogens is 2. The predicted octanol–water partition coefficient (Wildman–Crippen LogP) is 28.3. The highest BCUT2D eigenvalue weighted by Crippen LogP contribution is 2.65. The zero-order chi connectivity index (χ0) is 75.3. The van der Waals surface area contributed by atoms with E-state index in [-0.39, 0.29) is 5.41 Å².